The summed E-state index contributed by atoms with van der Waals surface area (Å²) in [6.07, 6.45) is 1.56. The molecule has 0 bridgehead atoms. The summed E-state index contributed by atoms with van der Waals surface area (Å²) in [5.74, 6) is 2.37. The largest absolute Gasteiger partial charge is 0.497 e. The van der Waals surface area contributed by atoms with Crippen molar-refractivity contribution in [1.29, 1.82) is 0 Å². The number of rotatable bonds is 7. The maximum Gasteiger partial charge on any atom is 0.232 e. The van der Waals surface area contributed by atoms with E-state index in [4.69, 9.17) is 13.9 Å². The lowest BCUT2D eigenvalue weighted by atomic mass is 9.98. The Balaban J connectivity index is 1.56. The average molecular weight is 445 g/mol. The van der Waals surface area contributed by atoms with E-state index >= 15 is 0 Å². The van der Waals surface area contributed by atoms with Crippen LogP contribution < -0.4 is 10.1 Å². The van der Waals surface area contributed by atoms with Crippen LogP contribution in [0.25, 0.3) is 33.6 Å². The monoisotopic (exact) mass is 444 g/mol. The number of hydrogen-bond acceptors (Lipinski definition) is 7. The van der Waals surface area contributed by atoms with Crippen molar-refractivity contribution in [2.24, 2.45) is 0 Å². The van der Waals surface area contributed by atoms with Crippen LogP contribution in [-0.4, -0.2) is 61.4 Å². The minimum Gasteiger partial charge on any atom is -0.497 e. The summed E-state index contributed by atoms with van der Waals surface area (Å²) in [5.41, 5.74) is 4.78. The number of aryl methyl sites for hydroxylation is 1. The first-order chi connectivity index (χ1) is 16.2. The molecule has 1 fully saturated rings. The SMILES string of the molecule is COc1ccc(-c2c(-c3ccc(C)cc3)oc3ncnc(NCCN4CCOCC4)c23)cc1. The summed E-state index contributed by atoms with van der Waals surface area (Å²) in [6, 6.07) is 16.4. The second-order valence-electron chi connectivity index (χ2n) is 8.18. The molecule has 0 saturated carbocycles. The number of nitrogens with zero attached hydrogens (tertiary/aromatic N) is 3. The number of benzene rings is 2. The van der Waals surface area contributed by atoms with Gasteiger partial charge < -0.3 is 19.2 Å². The van der Waals surface area contributed by atoms with Gasteiger partial charge in [-0.1, -0.05) is 42.0 Å². The van der Waals surface area contributed by atoms with Gasteiger partial charge in [0.05, 0.1) is 25.7 Å². The highest BCUT2D eigenvalue weighted by molar-refractivity contribution is 6.05. The Kier molecular flexibility index (Phi) is 6.24. The van der Waals surface area contributed by atoms with Crippen LogP contribution in [0.4, 0.5) is 5.82 Å². The van der Waals surface area contributed by atoms with Crippen molar-refractivity contribution in [3.8, 4) is 28.2 Å². The van der Waals surface area contributed by atoms with Gasteiger partial charge in [0.1, 0.15) is 23.7 Å². The van der Waals surface area contributed by atoms with Crippen molar-refractivity contribution in [3.63, 3.8) is 0 Å². The predicted octanol–water partition coefficient (Wildman–Crippen LogP) is 4.62. The van der Waals surface area contributed by atoms with E-state index in [0.717, 1.165) is 78.8 Å². The van der Waals surface area contributed by atoms with E-state index in [1.807, 2.05) is 24.3 Å². The molecule has 170 valence electrons. The van der Waals surface area contributed by atoms with Gasteiger partial charge in [-0.2, -0.15) is 0 Å². The third-order valence-electron chi connectivity index (χ3n) is 6.00. The van der Waals surface area contributed by atoms with Crippen molar-refractivity contribution in [2.45, 2.75) is 6.92 Å². The zero-order valence-corrected chi connectivity index (χ0v) is 19.0. The van der Waals surface area contributed by atoms with Crippen molar-refractivity contribution in [1.82, 2.24) is 14.9 Å². The molecule has 0 atom stereocenters. The smallest absolute Gasteiger partial charge is 0.232 e. The first-order valence-corrected chi connectivity index (χ1v) is 11.3. The molecule has 1 aliphatic heterocycles. The Hall–Kier alpha value is -3.42. The summed E-state index contributed by atoms with van der Waals surface area (Å²) in [6.45, 7) is 7.29. The lowest BCUT2D eigenvalue weighted by Gasteiger charge is -2.26. The van der Waals surface area contributed by atoms with Crippen LogP contribution in [-0.2, 0) is 4.74 Å². The number of furan rings is 1. The number of anilines is 1. The first kappa shape index (κ1) is 21.4. The van der Waals surface area contributed by atoms with E-state index in [1.54, 1.807) is 13.4 Å². The molecule has 0 spiro atoms. The summed E-state index contributed by atoms with van der Waals surface area (Å²) >= 11 is 0. The molecular formula is C26H28N4O3. The average Bonchev–Trinajstić information content (AvgIpc) is 3.26. The van der Waals surface area contributed by atoms with Gasteiger partial charge in [0.15, 0.2) is 0 Å². The number of ether oxygens (including phenoxy) is 2. The topological polar surface area (TPSA) is 72.7 Å². The zero-order valence-electron chi connectivity index (χ0n) is 19.0. The number of nitrogens with one attached hydrogen (secondary N) is 1. The third-order valence-corrected chi connectivity index (χ3v) is 6.00. The summed E-state index contributed by atoms with van der Waals surface area (Å²) in [4.78, 5) is 11.4. The Morgan fingerprint density at radius 1 is 0.970 bits per heavy atom. The quantitative estimate of drug-likeness (QED) is 0.446. The van der Waals surface area contributed by atoms with Crippen LogP contribution in [0.3, 0.4) is 0 Å². The van der Waals surface area contributed by atoms with E-state index in [1.165, 1.54) is 5.56 Å². The normalized spacial score (nSPS) is 14.5. The molecule has 7 nitrogen and oxygen atoms in total. The van der Waals surface area contributed by atoms with Crippen molar-refractivity contribution in [2.75, 3.05) is 51.8 Å². The highest BCUT2D eigenvalue weighted by Gasteiger charge is 2.22. The molecule has 33 heavy (non-hydrogen) atoms. The first-order valence-electron chi connectivity index (χ1n) is 11.3. The molecule has 7 heteroatoms. The fourth-order valence-corrected chi connectivity index (χ4v) is 4.17. The molecule has 2 aromatic heterocycles. The van der Waals surface area contributed by atoms with Gasteiger partial charge in [0.2, 0.25) is 5.71 Å². The molecule has 1 N–H and O–H groups in total. The van der Waals surface area contributed by atoms with Crippen LogP contribution in [0.5, 0.6) is 5.75 Å². The minimum absolute atomic E-state index is 0.570. The molecule has 1 saturated heterocycles. The Labute approximate surface area is 193 Å². The highest BCUT2D eigenvalue weighted by atomic mass is 16.5. The molecule has 1 aliphatic rings. The molecule has 0 amide bonds. The van der Waals surface area contributed by atoms with Gasteiger partial charge >= 0.3 is 0 Å². The molecule has 3 heterocycles. The summed E-state index contributed by atoms with van der Waals surface area (Å²) < 4.78 is 17.1. The fraction of sp³-hybridized carbons (Fsp3) is 0.308. The van der Waals surface area contributed by atoms with Crippen molar-refractivity contribution in [3.05, 3.63) is 60.4 Å². The second-order valence-corrected chi connectivity index (χ2v) is 8.18. The fourth-order valence-electron chi connectivity index (χ4n) is 4.17. The van der Waals surface area contributed by atoms with E-state index in [0.29, 0.717) is 5.71 Å². The van der Waals surface area contributed by atoms with Crippen LogP contribution >= 0.6 is 0 Å². The van der Waals surface area contributed by atoms with Gasteiger partial charge in [-0.3, -0.25) is 4.90 Å². The van der Waals surface area contributed by atoms with E-state index in [2.05, 4.69) is 51.4 Å². The third kappa shape index (κ3) is 4.55. The maximum atomic E-state index is 6.32. The molecular weight excluding hydrogens is 416 g/mol. The van der Waals surface area contributed by atoms with Crippen molar-refractivity contribution < 1.29 is 13.9 Å². The zero-order chi connectivity index (χ0) is 22.6. The standard InChI is InChI=1S/C26H28N4O3/c1-18-3-5-20(6-4-18)24-22(19-7-9-21(31-2)10-8-19)23-25(28-17-29-26(23)33-24)27-11-12-30-13-15-32-16-14-30/h3-10,17H,11-16H2,1-2H3,(H,27,28,29). The molecule has 2 aromatic carbocycles. The van der Waals surface area contributed by atoms with Gasteiger partial charge in [-0.25, -0.2) is 9.97 Å². The van der Waals surface area contributed by atoms with Gasteiger partial charge in [-0.15, -0.1) is 0 Å². The summed E-state index contributed by atoms with van der Waals surface area (Å²) in [5, 5.41) is 4.41. The molecule has 0 aliphatic carbocycles. The molecule has 4 aromatic rings. The summed E-state index contributed by atoms with van der Waals surface area (Å²) in [7, 11) is 1.67. The second kappa shape index (κ2) is 9.60. The van der Waals surface area contributed by atoms with Gasteiger partial charge in [0.25, 0.3) is 0 Å². The number of morpholine rings is 1. The predicted molar refractivity (Wildman–Crippen MR) is 130 cm³/mol. The van der Waals surface area contributed by atoms with E-state index in [9.17, 15) is 0 Å². The van der Waals surface area contributed by atoms with Crippen LogP contribution in [0.15, 0.2) is 59.3 Å². The Morgan fingerprint density at radius 2 is 1.70 bits per heavy atom. The Bertz CT molecular complexity index is 1210. The van der Waals surface area contributed by atoms with Crippen molar-refractivity contribution >= 4 is 16.9 Å². The maximum absolute atomic E-state index is 6.32. The van der Waals surface area contributed by atoms with E-state index in [-0.39, 0.29) is 0 Å². The number of fused-ring (bicyclic) bond motifs is 1. The Morgan fingerprint density at radius 3 is 2.42 bits per heavy atom. The lowest BCUT2D eigenvalue weighted by molar-refractivity contribution is 0.0398. The van der Waals surface area contributed by atoms with Crippen LogP contribution in [0.2, 0.25) is 0 Å². The highest BCUT2D eigenvalue weighted by Crippen LogP contribution is 2.42. The van der Waals surface area contributed by atoms with E-state index < -0.39 is 0 Å². The number of aromatic nitrogens is 2. The van der Waals surface area contributed by atoms with Gasteiger partial charge in [0, 0.05) is 37.3 Å². The van der Waals surface area contributed by atoms with Crippen LogP contribution in [0, 0.1) is 6.92 Å². The molecule has 0 radical (unpaired) electrons. The molecule has 0 unspecified atom stereocenters. The number of hydrogen-bond donors (Lipinski definition) is 1. The minimum atomic E-state index is 0.570. The molecule has 5 rings (SSSR count). The van der Waals surface area contributed by atoms with Crippen LogP contribution in [0.1, 0.15) is 5.56 Å². The number of methoxy groups -OCH3 is 1. The lowest BCUT2D eigenvalue weighted by Crippen LogP contribution is -2.39. The van der Waals surface area contributed by atoms with Gasteiger partial charge in [-0.05, 0) is 24.6 Å².